The fourth-order valence-electron chi connectivity index (χ4n) is 1.73. The third-order valence-corrected chi connectivity index (χ3v) is 2.72. The molecule has 0 heterocycles. The standard InChI is InChI=1S/C14H16N2O3/c15-10-12-5-4-6-13(9-12)16(11-17)8-3-1-2-7-14(18)19/h4-6,9,11H,1-3,7-8H2,(H,18,19). The van der Waals surface area contributed by atoms with Crippen molar-refractivity contribution in [3.05, 3.63) is 29.8 Å². The zero-order valence-electron chi connectivity index (χ0n) is 10.6. The van der Waals surface area contributed by atoms with Crippen LogP contribution in [0.5, 0.6) is 0 Å². The molecule has 0 spiro atoms. The van der Waals surface area contributed by atoms with Gasteiger partial charge >= 0.3 is 5.97 Å². The molecule has 19 heavy (non-hydrogen) atoms. The number of rotatable bonds is 8. The number of anilines is 1. The Balaban J connectivity index is 2.47. The van der Waals surface area contributed by atoms with E-state index in [9.17, 15) is 9.59 Å². The van der Waals surface area contributed by atoms with Crippen molar-refractivity contribution in [2.45, 2.75) is 25.7 Å². The lowest BCUT2D eigenvalue weighted by Crippen LogP contribution is -2.22. The van der Waals surface area contributed by atoms with Gasteiger partial charge in [0.25, 0.3) is 0 Å². The van der Waals surface area contributed by atoms with Crippen LogP contribution in [0.1, 0.15) is 31.2 Å². The van der Waals surface area contributed by atoms with Crippen LogP contribution in [-0.4, -0.2) is 24.0 Å². The number of nitrogens with zero attached hydrogens (tertiary/aromatic N) is 2. The smallest absolute Gasteiger partial charge is 0.303 e. The summed E-state index contributed by atoms with van der Waals surface area (Å²) in [6.07, 6.45) is 3.00. The van der Waals surface area contributed by atoms with Gasteiger partial charge in [0.15, 0.2) is 0 Å². The molecule has 100 valence electrons. The molecule has 0 bridgehead atoms. The maximum absolute atomic E-state index is 11.0. The average Bonchev–Trinajstić information content (AvgIpc) is 2.42. The highest BCUT2D eigenvalue weighted by Gasteiger charge is 2.06. The monoisotopic (exact) mass is 260 g/mol. The van der Waals surface area contributed by atoms with Gasteiger partial charge in [0.05, 0.1) is 11.6 Å². The van der Waals surface area contributed by atoms with Crippen LogP contribution in [-0.2, 0) is 9.59 Å². The maximum atomic E-state index is 11.0. The van der Waals surface area contributed by atoms with Gasteiger partial charge in [-0.2, -0.15) is 5.26 Å². The molecular weight excluding hydrogens is 244 g/mol. The van der Waals surface area contributed by atoms with Crippen molar-refractivity contribution < 1.29 is 14.7 Å². The van der Waals surface area contributed by atoms with E-state index in [1.165, 1.54) is 4.90 Å². The Morgan fingerprint density at radius 2 is 2.16 bits per heavy atom. The topological polar surface area (TPSA) is 81.4 Å². The first kappa shape index (κ1) is 14.7. The number of carbonyl (C=O) groups is 2. The molecule has 0 aromatic heterocycles. The Morgan fingerprint density at radius 1 is 1.37 bits per heavy atom. The first-order valence-corrected chi connectivity index (χ1v) is 6.11. The van der Waals surface area contributed by atoms with Crippen LogP contribution in [0, 0.1) is 11.3 Å². The molecule has 1 N–H and O–H groups in total. The van der Waals surface area contributed by atoms with E-state index in [0.29, 0.717) is 24.2 Å². The number of hydrogen-bond acceptors (Lipinski definition) is 3. The molecule has 1 aromatic rings. The summed E-state index contributed by atoms with van der Waals surface area (Å²) >= 11 is 0. The van der Waals surface area contributed by atoms with Crippen LogP contribution in [0.4, 0.5) is 5.69 Å². The number of nitriles is 1. The predicted molar refractivity (Wildman–Crippen MR) is 70.7 cm³/mol. The number of carboxylic acids is 1. The molecule has 0 unspecified atom stereocenters. The first-order chi connectivity index (χ1) is 9.17. The quantitative estimate of drug-likeness (QED) is 0.573. The molecule has 0 saturated heterocycles. The summed E-state index contributed by atoms with van der Waals surface area (Å²) in [6, 6.07) is 8.87. The molecule has 0 radical (unpaired) electrons. The summed E-state index contributed by atoms with van der Waals surface area (Å²) in [7, 11) is 0. The van der Waals surface area contributed by atoms with E-state index in [-0.39, 0.29) is 6.42 Å². The SMILES string of the molecule is N#Cc1cccc(N(C=O)CCCCCC(=O)O)c1. The molecule has 1 amide bonds. The largest absolute Gasteiger partial charge is 0.481 e. The highest BCUT2D eigenvalue weighted by atomic mass is 16.4. The van der Waals surface area contributed by atoms with Crippen molar-refractivity contribution in [3.63, 3.8) is 0 Å². The maximum Gasteiger partial charge on any atom is 0.303 e. The lowest BCUT2D eigenvalue weighted by Gasteiger charge is -2.17. The van der Waals surface area contributed by atoms with Crippen LogP contribution >= 0.6 is 0 Å². The van der Waals surface area contributed by atoms with Crippen molar-refractivity contribution in [1.82, 2.24) is 0 Å². The molecule has 0 aliphatic carbocycles. The van der Waals surface area contributed by atoms with Gasteiger partial charge in [-0.15, -0.1) is 0 Å². The third kappa shape index (κ3) is 5.21. The van der Waals surface area contributed by atoms with Crippen molar-refractivity contribution in [1.29, 1.82) is 5.26 Å². The van der Waals surface area contributed by atoms with Crippen molar-refractivity contribution in [3.8, 4) is 6.07 Å². The molecular formula is C14H16N2O3. The second-order valence-corrected chi connectivity index (χ2v) is 4.17. The van der Waals surface area contributed by atoms with Crippen molar-refractivity contribution in [2.24, 2.45) is 0 Å². The molecule has 0 fully saturated rings. The highest BCUT2D eigenvalue weighted by Crippen LogP contribution is 2.15. The van der Waals surface area contributed by atoms with E-state index >= 15 is 0 Å². The van der Waals surface area contributed by atoms with Gasteiger partial charge < -0.3 is 10.0 Å². The Bertz CT molecular complexity index is 480. The minimum atomic E-state index is -0.797. The second-order valence-electron chi connectivity index (χ2n) is 4.17. The fourth-order valence-corrected chi connectivity index (χ4v) is 1.73. The number of carbonyl (C=O) groups excluding carboxylic acids is 1. The van der Waals surface area contributed by atoms with Gasteiger partial charge in [-0.05, 0) is 31.0 Å². The van der Waals surface area contributed by atoms with E-state index in [2.05, 4.69) is 0 Å². The average molecular weight is 260 g/mol. The second kappa shape index (κ2) is 7.88. The van der Waals surface area contributed by atoms with Crippen LogP contribution in [0.2, 0.25) is 0 Å². The van der Waals surface area contributed by atoms with E-state index < -0.39 is 5.97 Å². The lowest BCUT2D eigenvalue weighted by molar-refractivity contribution is -0.137. The first-order valence-electron chi connectivity index (χ1n) is 6.11. The van der Waals surface area contributed by atoms with Gasteiger partial charge in [0.2, 0.25) is 6.41 Å². The highest BCUT2D eigenvalue weighted by molar-refractivity contribution is 5.75. The van der Waals surface area contributed by atoms with E-state index in [4.69, 9.17) is 10.4 Å². The Labute approximate surface area is 112 Å². The van der Waals surface area contributed by atoms with Crippen LogP contribution in [0.3, 0.4) is 0 Å². The zero-order valence-corrected chi connectivity index (χ0v) is 10.6. The number of hydrogen-bond donors (Lipinski definition) is 1. The Morgan fingerprint density at radius 3 is 2.79 bits per heavy atom. The summed E-state index contributed by atoms with van der Waals surface area (Å²) < 4.78 is 0. The Kier molecular flexibility index (Phi) is 6.10. The van der Waals surface area contributed by atoms with Crippen molar-refractivity contribution in [2.75, 3.05) is 11.4 Å². The molecule has 1 aromatic carbocycles. The minimum Gasteiger partial charge on any atom is -0.481 e. The van der Waals surface area contributed by atoms with Crippen LogP contribution in [0.15, 0.2) is 24.3 Å². The summed E-state index contributed by atoms with van der Waals surface area (Å²) in [5, 5.41) is 17.3. The van der Waals surface area contributed by atoms with Gasteiger partial charge in [0, 0.05) is 18.7 Å². The lowest BCUT2D eigenvalue weighted by atomic mass is 10.1. The number of aliphatic carboxylic acids is 1. The summed E-state index contributed by atoms with van der Waals surface area (Å²) in [4.78, 5) is 22.9. The molecule has 0 atom stereocenters. The van der Waals surface area contributed by atoms with Gasteiger partial charge in [-0.3, -0.25) is 9.59 Å². The van der Waals surface area contributed by atoms with E-state index in [1.807, 2.05) is 6.07 Å². The molecule has 0 saturated carbocycles. The fraction of sp³-hybridized carbons (Fsp3) is 0.357. The van der Waals surface area contributed by atoms with Gasteiger partial charge in [-0.25, -0.2) is 0 Å². The molecule has 0 aliphatic heterocycles. The number of carboxylic acid groups (broad SMARTS) is 1. The predicted octanol–water partition coefficient (Wildman–Crippen LogP) is 2.17. The van der Waals surface area contributed by atoms with Crippen LogP contribution < -0.4 is 4.90 Å². The summed E-state index contributed by atoms with van der Waals surface area (Å²) in [5.74, 6) is -0.797. The third-order valence-electron chi connectivity index (χ3n) is 2.72. The minimum absolute atomic E-state index is 0.158. The molecule has 5 nitrogen and oxygen atoms in total. The number of amides is 1. The van der Waals surface area contributed by atoms with E-state index in [1.54, 1.807) is 24.3 Å². The molecule has 5 heteroatoms. The summed E-state index contributed by atoms with van der Waals surface area (Å²) in [6.45, 7) is 0.526. The van der Waals surface area contributed by atoms with Gasteiger partial charge in [0.1, 0.15) is 0 Å². The van der Waals surface area contributed by atoms with Crippen LogP contribution in [0.25, 0.3) is 0 Å². The molecule has 0 aliphatic rings. The summed E-state index contributed by atoms with van der Waals surface area (Å²) in [5.41, 5.74) is 1.20. The zero-order chi connectivity index (χ0) is 14.1. The van der Waals surface area contributed by atoms with Gasteiger partial charge in [-0.1, -0.05) is 12.5 Å². The molecule has 1 rings (SSSR count). The Hall–Kier alpha value is -2.35. The number of benzene rings is 1. The van der Waals surface area contributed by atoms with Crippen molar-refractivity contribution >= 4 is 18.1 Å². The number of unbranched alkanes of at least 4 members (excludes halogenated alkanes) is 2. The van der Waals surface area contributed by atoms with E-state index in [0.717, 1.165) is 19.3 Å². The normalized spacial score (nSPS) is 9.63.